The molecule has 0 aromatic heterocycles. The lowest BCUT2D eigenvalue weighted by Gasteiger charge is -2.31. The molecule has 0 radical (unpaired) electrons. The van der Waals surface area contributed by atoms with Crippen LogP contribution in [0.4, 0.5) is 0 Å². The molecule has 1 aromatic carbocycles. The standard InChI is InChI=1S/C17H28N2/c1-3-5-15-7-9-16(10-8-15)11-13-19(2)17-6-4-12-18-14-17/h7-10,17-18H,3-6,11-14H2,1-2H3. The number of nitrogens with one attached hydrogen (secondary N) is 1. The van der Waals surface area contributed by atoms with Gasteiger partial charge in [0.2, 0.25) is 0 Å². The second-order valence-electron chi connectivity index (χ2n) is 5.80. The van der Waals surface area contributed by atoms with E-state index in [9.17, 15) is 0 Å². The van der Waals surface area contributed by atoms with Crippen molar-refractivity contribution in [3.05, 3.63) is 35.4 Å². The molecule has 1 unspecified atom stereocenters. The molecule has 1 aromatic rings. The maximum atomic E-state index is 3.49. The van der Waals surface area contributed by atoms with Crippen molar-refractivity contribution < 1.29 is 0 Å². The van der Waals surface area contributed by atoms with Crippen LogP contribution < -0.4 is 5.32 Å². The van der Waals surface area contributed by atoms with Gasteiger partial charge < -0.3 is 10.2 Å². The van der Waals surface area contributed by atoms with Gasteiger partial charge >= 0.3 is 0 Å². The summed E-state index contributed by atoms with van der Waals surface area (Å²) in [5.74, 6) is 0. The maximum absolute atomic E-state index is 3.49. The lowest BCUT2D eigenvalue weighted by atomic mass is 10.0. The first kappa shape index (κ1) is 14.5. The Labute approximate surface area is 118 Å². The monoisotopic (exact) mass is 260 g/mol. The van der Waals surface area contributed by atoms with E-state index >= 15 is 0 Å². The molecule has 0 aliphatic carbocycles. The van der Waals surface area contributed by atoms with Crippen molar-refractivity contribution in [2.45, 2.75) is 45.1 Å². The molecule has 106 valence electrons. The van der Waals surface area contributed by atoms with Crippen LogP contribution in [0, 0.1) is 0 Å². The number of rotatable bonds is 6. The lowest BCUT2D eigenvalue weighted by Crippen LogP contribution is -2.44. The highest BCUT2D eigenvalue weighted by Crippen LogP contribution is 2.11. The third-order valence-electron chi connectivity index (χ3n) is 4.21. The number of nitrogens with zero attached hydrogens (tertiary/aromatic N) is 1. The molecule has 0 bridgehead atoms. The van der Waals surface area contributed by atoms with Crippen LogP contribution in [-0.2, 0) is 12.8 Å². The molecule has 1 aliphatic heterocycles. The zero-order chi connectivity index (χ0) is 13.5. The summed E-state index contributed by atoms with van der Waals surface area (Å²) in [6.45, 7) is 5.76. The van der Waals surface area contributed by atoms with E-state index in [1.54, 1.807) is 0 Å². The summed E-state index contributed by atoms with van der Waals surface area (Å²) in [7, 11) is 2.27. The predicted octanol–water partition coefficient (Wildman–Crippen LogP) is 2.87. The van der Waals surface area contributed by atoms with Crippen LogP contribution in [0.1, 0.15) is 37.3 Å². The van der Waals surface area contributed by atoms with E-state index in [-0.39, 0.29) is 0 Å². The fourth-order valence-corrected chi connectivity index (χ4v) is 2.86. The zero-order valence-corrected chi connectivity index (χ0v) is 12.5. The second kappa shape index (κ2) is 7.66. The highest BCUT2D eigenvalue weighted by Gasteiger charge is 2.16. The minimum absolute atomic E-state index is 0.730. The second-order valence-corrected chi connectivity index (χ2v) is 5.80. The molecule has 1 fully saturated rings. The SMILES string of the molecule is CCCc1ccc(CCN(C)C2CCCNC2)cc1. The van der Waals surface area contributed by atoms with Crippen LogP contribution in [0.15, 0.2) is 24.3 Å². The van der Waals surface area contributed by atoms with Gasteiger partial charge in [0.15, 0.2) is 0 Å². The summed E-state index contributed by atoms with van der Waals surface area (Å²) < 4.78 is 0. The summed E-state index contributed by atoms with van der Waals surface area (Å²) in [4.78, 5) is 2.52. The fraction of sp³-hybridized carbons (Fsp3) is 0.647. The van der Waals surface area contributed by atoms with E-state index in [1.807, 2.05) is 0 Å². The van der Waals surface area contributed by atoms with Crippen molar-refractivity contribution in [1.29, 1.82) is 0 Å². The Bertz CT molecular complexity index is 352. The van der Waals surface area contributed by atoms with Gasteiger partial charge in [0.05, 0.1) is 0 Å². The summed E-state index contributed by atoms with van der Waals surface area (Å²) in [5.41, 5.74) is 2.94. The molecule has 2 heteroatoms. The smallest absolute Gasteiger partial charge is 0.0218 e. The Morgan fingerprint density at radius 3 is 2.42 bits per heavy atom. The maximum Gasteiger partial charge on any atom is 0.0218 e. The predicted molar refractivity (Wildman–Crippen MR) is 82.7 cm³/mol. The minimum atomic E-state index is 0.730. The number of benzene rings is 1. The largest absolute Gasteiger partial charge is 0.315 e. The van der Waals surface area contributed by atoms with E-state index < -0.39 is 0 Å². The third kappa shape index (κ3) is 4.63. The van der Waals surface area contributed by atoms with E-state index in [2.05, 4.69) is 48.5 Å². The van der Waals surface area contributed by atoms with Crippen molar-refractivity contribution in [3.63, 3.8) is 0 Å². The van der Waals surface area contributed by atoms with Gasteiger partial charge in [0.1, 0.15) is 0 Å². The molecule has 1 saturated heterocycles. The van der Waals surface area contributed by atoms with Gasteiger partial charge in [-0.2, -0.15) is 0 Å². The average molecular weight is 260 g/mol. The first-order chi connectivity index (χ1) is 9.29. The van der Waals surface area contributed by atoms with E-state index in [4.69, 9.17) is 0 Å². The summed E-state index contributed by atoms with van der Waals surface area (Å²) in [6.07, 6.45) is 6.27. The molecule has 1 aliphatic rings. The molecule has 1 heterocycles. The Balaban J connectivity index is 1.77. The highest BCUT2D eigenvalue weighted by atomic mass is 15.2. The molecular formula is C17H28N2. The molecule has 0 amide bonds. The van der Waals surface area contributed by atoms with Gasteiger partial charge in [0.25, 0.3) is 0 Å². The van der Waals surface area contributed by atoms with Gasteiger partial charge in [-0.05, 0) is 50.4 Å². The van der Waals surface area contributed by atoms with Gasteiger partial charge in [-0.15, -0.1) is 0 Å². The Morgan fingerprint density at radius 2 is 1.84 bits per heavy atom. The van der Waals surface area contributed by atoms with Gasteiger partial charge in [0, 0.05) is 19.1 Å². The number of likely N-dealkylation sites (N-methyl/N-ethyl adjacent to an activating group) is 1. The summed E-state index contributed by atoms with van der Waals surface area (Å²) >= 11 is 0. The molecule has 2 rings (SSSR count). The number of hydrogen-bond donors (Lipinski definition) is 1. The van der Waals surface area contributed by atoms with Crippen LogP contribution in [0.3, 0.4) is 0 Å². The van der Waals surface area contributed by atoms with Crippen molar-refractivity contribution in [1.82, 2.24) is 10.2 Å². The van der Waals surface area contributed by atoms with E-state index in [0.29, 0.717) is 0 Å². The van der Waals surface area contributed by atoms with Crippen LogP contribution in [0.2, 0.25) is 0 Å². The van der Waals surface area contributed by atoms with E-state index in [0.717, 1.165) is 12.6 Å². The molecule has 19 heavy (non-hydrogen) atoms. The molecular weight excluding hydrogens is 232 g/mol. The number of hydrogen-bond acceptors (Lipinski definition) is 2. The Morgan fingerprint density at radius 1 is 1.16 bits per heavy atom. The number of piperidine rings is 1. The van der Waals surface area contributed by atoms with Gasteiger partial charge in [-0.25, -0.2) is 0 Å². The first-order valence-electron chi connectivity index (χ1n) is 7.78. The first-order valence-corrected chi connectivity index (χ1v) is 7.78. The van der Waals surface area contributed by atoms with Gasteiger partial charge in [-0.3, -0.25) is 0 Å². The van der Waals surface area contributed by atoms with Crippen molar-refractivity contribution in [2.24, 2.45) is 0 Å². The number of aryl methyl sites for hydroxylation is 1. The quantitative estimate of drug-likeness (QED) is 0.846. The summed E-state index contributed by atoms with van der Waals surface area (Å²) in [5, 5.41) is 3.49. The van der Waals surface area contributed by atoms with E-state index in [1.165, 1.54) is 56.3 Å². The normalized spacial score (nSPS) is 19.8. The zero-order valence-electron chi connectivity index (χ0n) is 12.5. The van der Waals surface area contributed by atoms with Crippen LogP contribution in [0.25, 0.3) is 0 Å². The lowest BCUT2D eigenvalue weighted by molar-refractivity contribution is 0.205. The van der Waals surface area contributed by atoms with Crippen LogP contribution in [0.5, 0.6) is 0 Å². The van der Waals surface area contributed by atoms with Crippen LogP contribution in [-0.4, -0.2) is 37.6 Å². The Kier molecular flexibility index (Phi) is 5.87. The van der Waals surface area contributed by atoms with Crippen LogP contribution >= 0.6 is 0 Å². The fourth-order valence-electron chi connectivity index (χ4n) is 2.86. The molecule has 1 atom stereocenters. The molecule has 1 N–H and O–H groups in total. The molecule has 0 spiro atoms. The highest BCUT2D eigenvalue weighted by molar-refractivity contribution is 5.22. The van der Waals surface area contributed by atoms with Gasteiger partial charge in [-0.1, -0.05) is 37.6 Å². The minimum Gasteiger partial charge on any atom is -0.315 e. The molecule has 0 saturated carbocycles. The van der Waals surface area contributed by atoms with Crippen molar-refractivity contribution in [3.8, 4) is 0 Å². The Hall–Kier alpha value is -0.860. The summed E-state index contributed by atoms with van der Waals surface area (Å²) in [6, 6.07) is 9.92. The topological polar surface area (TPSA) is 15.3 Å². The van der Waals surface area contributed by atoms with Crippen molar-refractivity contribution in [2.75, 3.05) is 26.7 Å². The average Bonchev–Trinajstić information content (AvgIpc) is 2.47. The van der Waals surface area contributed by atoms with Crippen molar-refractivity contribution >= 4 is 0 Å². The third-order valence-corrected chi connectivity index (χ3v) is 4.21. The molecule has 2 nitrogen and oxygen atoms in total.